The van der Waals surface area contributed by atoms with E-state index >= 15 is 0 Å². The number of carbonyl (C=O) groups excluding carboxylic acids is 2. The van der Waals surface area contributed by atoms with Crippen LogP contribution < -0.4 is 0 Å². The van der Waals surface area contributed by atoms with Crippen molar-refractivity contribution in [1.82, 2.24) is 0 Å². The maximum Gasteiger partial charge on any atom is 0.338 e. The lowest BCUT2D eigenvalue weighted by molar-refractivity contribution is -0.150. The molecule has 47 heavy (non-hydrogen) atoms. The number of unbranched alkanes of at least 4 members (excludes halogenated alkanes) is 3. The lowest BCUT2D eigenvalue weighted by atomic mass is 9.73. The fourth-order valence-corrected chi connectivity index (χ4v) is 8.18. The lowest BCUT2D eigenvalue weighted by Gasteiger charge is -2.30. The molecule has 254 valence electrons. The maximum atomic E-state index is 13.0. The highest BCUT2D eigenvalue weighted by Gasteiger charge is 2.41. The Balaban J connectivity index is 1.44. The number of rotatable bonds is 14. The standard InChI is InChI=1S/C41H56N2O4/c1-5-9-10-17-22-38(43-47-40(45)30-20-15-12-16-21-30)32-24-26-34-33-25-23-31(27-35(33)41(7-3,8-4)36(34)28-32)37(6-2)42-46-39(44)29-18-13-11-14-19-29/h23-30H,5-22H2,1-4H3. The van der Waals surface area contributed by atoms with Gasteiger partial charge in [0.15, 0.2) is 0 Å². The molecule has 0 heterocycles. The molecule has 0 saturated heterocycles. The summed E-state index contributed by atoms with van der Waals surface area (Å²) in [6.45, 7) is 8.83. The Hall–Kier alpha value is -3.28. The van der Waals surface area contributed by atoms with Crippen LogP contribution in [0.2, 0.25) is 0 Å². The highest BCUT2D eigenvalue weighted by atomic mass is 16.7. The molecule has 0 unspecified atom stereocenters. The molecule has 0 aliphatic heterocycles. The first-order chi connectivity index (χ1) is 22.9. The van der Waals surface area contributed by atoms with Crippen LogP contribution in [0.4, 0.5) is 0 Å². The van der Waals surface area contributed by atoms with Crippen molar-refractivity contribution in [3.8, 4) is 11.1 Å². The molecule has 3 aliphatic rings. The molecule has 2 aromatic carbocycles. The molecular formula is C41H56N2O4. The molecule has 0 amide bonds. The quantitative estimate of drug-likeness (QED) is 0.0891. The molecule has 5 rings (SSSR count). The zero-order valence-corrected chi connectivity index (χ0v) is 29.4. The van der Waals surface area contributed by atoms with Crippen LogP contribution in [0.1, 0.15) is 166 Å². The Kier molecular flexibility index (Phi) is 12.5. The lowest BCUT2D eigenvalue weighted by Crippen LogP contribution is -2.24. The second kappa shape index (κ2) is 16.7. The average molecular weight is 641 g/mol. The smallest absolute Gasteiger partial charge is 0.318 e. The van der Waals surface area contributed by atoms with E-state index in [0.29, 0.717) is 6.42 Å². The Bertz CT molecular complexity index is 1440. The third-order valence-electron chi connectivity index (χ3n) is 11.2. The fraction of sp³-hybridized carbons (Fsp3) is 0.610. The van der Waals surface area contributed by atoms with Gasteiger partial charge in [0, 0.05) is 5.41 Å². The van der Waals surface area contributed by atoms with Gasteiger partial charge in [0.2, 0.25) is 0 Å². The second-order valence-electron chi connectivity index (χ2n) is 14.0. The summed E-state index contributed by atoms with van der Waals surface area (Å²) in [6.07, 6.45) is 18.2. The second-order valence-corrected chi connectivity index (χ2v) is 14.0. The van der Waals surface area contributed by atoms with Gasteiger partial charge in [-0.25, -0.2) is 9.59 Å². The first-order valence-electron chi connectivity index (χ1n) is 18.8. The zero-order valence-electron chi connectivity index (χ0n) is 29.4. The number of nitrogens with zero attached hydrogens (tertiary/aromatic N) is 2. The van der Waals surface area contributed by atoms with Gasteiger partial charge in [-0.3, -0.25) is 0 Å². The predicted molar refractivity (Wildman–Crippen MR) is 191 cm³/mol. The van der Waals surface area contributed by atoms with E-state index in [-0.39, 0.29) is 29.2 Å². The van der Waals surface area contributed by atoms with Gasteiger partial charge in [-0.15, -0.1) is 0 Å². The molecule has 6 heteroatoms. The first-order valence-corrected chi connectivity index (χ1v) is 18.8. The van der Waals surface area contributed by atoms with Crippen molar-refractivity contribution in [1.29, 1.82) is 0 Å². The molecule has 0 bridgehead atoms. The Morgan fingerprint density at radius 3 is 1.62 bits per heavy atom. The molecule has 0 spiro atoms. The predicted octanol–water partition coefficient (Wildman–Crippen LogP) is 10.8. The van der Waals surface area contributed by atoms with Crippen LogP contribution in [0.3, 0.4) is 0 Å². The summed E-state index contributed by atoms with van der Waals surface area (Å²) in [5, 5.41) is 8.99. The summed E-state index contributed by atoms with van der Waals surface area (Å²) < 4.78 is 0. The minimum atomic E-state index is -0.190. The van der Waals surface area contributed by atoms with E-state index < -0.39 is 0 Å². The minimum Gasteiger partial charge on any atom is -0.318 e. The van der Waals surface area contributed by atoms with Crippen LogP contribution in [0.25, 0.3) is 11.1 Å². The summed E-state index contributed by atoms with van der Waals surface area (Å²) in [5.41, 5.74) is 8.67. The van der Waals surface area contributed by atoms with Crippen LogP contribution in [0, 0.1) is 11.8 Å². The van der Waals surface area contributed by atoms with Crippen LogP contribution in [0.15, 0.2) is 46.7 Å². The van der Waals surface area contributed by atoms with Crippen LogP contribution in [-0.4, -0.2) is 23.4 Å². The van der Waals surface area contributed by atoms with Gasteiger partial charge >= 0.3 is 11.9 Å². The normalized spacial score (nSPS) is 18.5. The third kappa shape index (κ3) is 7.90. The third-order valence-corrected chi connectivity index (χ3v) is 11.2. The van der Waals surface area contributed by atoms with Gasteiger partial charge in [0.25, 0.3) is 0 Å². The summed E-state index contributed by atoms with van der Waals surface area (Å²) in [5.74, 6) is -0.424. The fourth-order valence-electron chi connectivity index (χ4n) is 8.18. The molecule has 0 radical (unpaired) electrons. The van der Waals surface area contributed by atoms with E-state index in [0.717, 1.165) is 106 Å². The zero-order chi connectivity index (χ0) is 33.2. The van der Waals surface area contributed by atoms with E-state index in [1.807, 2.05) is 0 Å². The Morgan fingerprint density at radius 1 is 0.660 bits per heavy atom. The summed E-state index contributed by atoms with van der Waals surface area (Å²) in [4.78, 5) is 36.9. The van der Waals surface area contributed by atoms with E-state index in [4.69, 9.17) is 9.68 Å². The number of hydrogen-bond donors (Lipinski definition) is 0. The van der Waals surface area contributed by atoms with Crippen molar-refractivity contribution in [2.24, 2.45) is 22.1 Å². The van der Waals surface area contributed by atoms with E-state index in [9.17, 15) is 9.59 Å². The SMILES string of the molecule is CCCCCCC(=NOC(=O)C1CCCCC1)c1ccc2c(c1)C(CC)(CC)c1cc(C(CC)=NOC(=O)C3CCCCC3)ccc1-2. The van der Waals surface area contributed by atoms with Gasteiger partial charge in [-0.2, -0.15) is 0 Å². The Morgan fingerprint density at radius 2 is 1.15 bits per heavy atom. The molecule has 2 aromatic rings. The van der Waals surface area contributed by atoms with Crippen molar-refractivity contribution >= 4 is 23.4 Å². The molecule has 6 nitrogen and oxygen atoms in total. The monoisotopic (exact) mass is 640 g/mol. The van der Waals surface area contributed by atoms with Crippen molar-refractivity contribution in [3.63, 3.8) is 0 Å². The molecule has 2 fully saturated rings. The molecule has 0 atom stereocenters. The van der Waals surface area contributed by atoms with Crippen molar-refractivity contribution in [2.75, 3.05) is 0 Å². The largest absolute Gasteiger partial charge is 0.338 e. The van der Waals surface area contributed by atoms with E-state index in [1.165, 1.54) is 47.9 Å². The number of oxime groups is 2. The average Bonchev–Trinajstić information content (AvgIpc) is 3.40. The number of fused-ring (bicyclic) bond motifs is 3. The van der Waals surface area contributed by atoms with Gasteiger partial charge in [-0.05, 0) is 103 Å². The molecule has 0 aromatic heterocycles. The number of carbonyl (C=O) groups is 2. The van der Waals surface area contributed by atoms with Gasteiger partial charge in [0.1, 0.15) is 0 Å². The Labute approximate surface area is 282 Å². The van der Waals surface area contributed by atoms with Crippen LogP contribution >= 0.6 is 0 Å². The van der Waals surface area contributed by atoms with Crippen LogP contribution in [0.5, 0.6) is 0 Å². The highest BCUT2D eigenvalue weighted by molar-refractivity contribution is 6.03. The molecule has 2 saturated carbocycles. The summed E-state index contributed by atoms with van der Waals surface area (Å²) in [7, 11) is 0. The van der Waals surface area contributed by atoms with E-state index in [1.54, 1.807) is 0 Å². The molecular weight excluding hydrogens is 584 g/mol. The minimum absolute atomic E-state index is 0.0296. The number of hydrogen-bond acceptors (Lipinski definition) is 6. The maximum absolute atomic E-state index is 13.0. The van der Waals surface area contributed by atoms with Crippen molar-refractivity contribution in [2.45, 2.75) is 149 Å². The topological polar surface area (TPSA) is 77.3 Å². The van der Waals surface area contributed by atoms with Crippen molar-refractivity contribution in [3.05, 3.63) is 58.7 Å². The van der Waals surface area contributed by atoms with Gasteiger partial charge in [-0.1, -0.05) is 120 Å². The van der Waals surface area contributed by atoms with E-state index in [2.05, 4.69) is 74.4 Å². The number of benzene rings is 2. The summed E-state index contributed by atoms with van der Waals surface area (Å²) in [6, 6.07) is 13.3. The van der Waals surface area contributed by atoms with Gasteiger partial charge < -0.3 is 9.68 Å². The van der Waals surface area contributed by atoms with Crippen molar-refractivity contribution < 1.29 is 19.3 Å². The molecule has 0 N–H and O–H groups in total. The van der Waals surface area contributed by atoms with Gasteiger partial charge in [0.05, 0.1) is 23.3 Å². The summed E-state index contributed by atoms with van der Waals surface area (Å²) >= 11 is 0. The van der Waals surface area contributed by atoms with Crippen LogP contribution in [-0.2, 0) is 24.7 Å². The molecule has 3 aliphatic carbocycles. The highest BCUT2D eigenvalue weighted by Crippen LogP contribution is 2.53. The first kappa shape index (κ1) is 35.0.